The van der Waals surface area contributed by atoms with Gasteiger partial charge in [0, 0.05) is 35.2 Å². The minimum Gasteiger partial charge on any atom is -0.337 e. The van der Waals surface area contributed by atoms with Crippen molar-refractivity contribution in [1.29, 1.82) is 0 Å². The van der Waals surface area contributed by atoms with Gasteiger partial charge in [0.1, 0.15) is 0 Å². The van der Waals surface area contributed by atoms with E-state index in [1.807, 2.05) is 42.6 Å². The molecule has 0 atom stereocenters. The molecule has 4 aromatic rings. The highest BCUT2D eigenvalue weighted by Gasteiger charge is 2.18. The van der Waals surface area contributed by atoms with E-state index in [2.05, 4.69) is 22.1 Å². The molecule has 5 nitrogen and oxygen atoms in total. The van der Waals surface area contributed by atoms with Gasteiger partial charge in [-0.2, -0.15) is 0 Å². The number of H-pyrrole nitrogens is 1. The second-order valence-corrected chi connectivity index (χ2v) is 9.26. The Balaban J connectivity index is 1.44. The van der Waals surface area contributed by atoms with Gasteiger partial charge in [0.25, 0.3) is 0 Å². The van der Waals surface area contributed by atoms with Crippen molar-refractivity contribution in [1.82, 2.24) is 15.0 Å². The van der Waals surface area contributed by atoms with Gasteiger partial charge in [-0.3, -0.25) is 9.69 Å². The standard InChI is InChI=1S/C23H21ClN4OS2/c1-15-21(11-17-7-4-3-5-8-17)27-22(25-15)30-13-19-14-31-23(26-19)28(16(2)29)20-10-6-9-18(24)12-20/h3-10,12,14H,11,13H2,1-2H3,(H,25,27). The zero-order valence-electron chi connectivity index (χ0n) is 17.1. The Morgan fingerprint density at radius 3 is 2.71 bits per heavy atom. The number of thiazole rings is 1. The van der Waals surface area contributed by atoms with Crippen LogP contribution < -0.4 is 4.90 Å². The highest BCUT2D eigenvalue weighted by molar-refractivity contribution is 7.98. The molecule has 8 heteroatoms. The molecule has 0 bridgehead atoms. The molecular weight excluding hydrogens is 448 g/mol. The van der Waals surface area contributed by atoms with E-state index in [0.717, 1.165) is 28.7 Å². The Bertz CT molecular complexity index is 1190. The minimum atomic E-state index is -0.108. The summed E-state index contributed by atoms with van der Waals surface area (Å²) in [6, 6.07) is 17.5. The number of imidazole rings is 1. The van der Waals surface area contributed by atoms with Gasteiger partial charge in [0.15, 0.2) is 10.3 Å². The molecule has 0 fully saturated rings. The number of amides is 1. The molecule has 0 unspecified atom stereocenters. The predicted octanol–water partition coefficient (Wildman–Crippen LogP) is 6.40. The molecular formula is C23H21ClN4OS2. The summed E-state index contributed by atoms with van der Waals surface area (Å²) >= 11 is 9.14. The molecule has 2 heterocycles. The maximum Gasteiger partial charge on any atom is 0.230 e. The van der Waals surface area contributed by atoms with E-state index in [0.29, 0.717) is 21.6 Å². The summed E-state index contributed by atoms with van der Waals surface area (Å²) in [6.45, 7) is 3.57. The van der Waals surface area contributed by atoms with E-state index in [-0.39, 0.29) is 5.91 Å². The molecule has 4 rings (SSSR count). The maximum atomic E-state index is 12.3. The number of nitrogens with one attached hydrogen (secondary N) is 1. The van der Waals surface area contributed by atoms with Crippen LogP contribution in [0, 0.1) is 6.92 Å². The van der Waals surface area contributed by atoms with E-state index in [1.54, 1.807) is 28.8 Å². The summed E-state index contributed by atoms with van der Waals surface area (Å²) in [5, 5.41) is 4.06. The summed E-state index contributed by atoms with van der Waals surface area (Å²) in [5.74, 6) is 0.554. The fourth-order valence-corrected chi connectivity index (χ4v) is 5.16. The molecule has 0 aliphatic heterocycles. The Morgan fingerprint density at radius 2 is 1.97 bits per heavy atom. The molecule has 158 valence electrons. The van der Waals surface area contributed by atoms with E-state index in [1.165, 1.54) is 23.8 Å². The molecule has 31 heavy (non-hydrogen) atoms. The zero-order valence-corrected chi connectivity index (χ0v) is 19.5. The van der Waals surface area contributed by atoms with Crippen LogP contribution >= 0.6 is 34.7 Å². The van der Waals surface area contributed by atoms with E-state index < -0.39 is 0 Å². The predicted molar refractivity (Wildman–Crippen MR) is 129 cm³/mol. The first-order chi connectivity index (χ1) is 15.0. The number of aryl methyl sites for hydroxylation is 1. The highest BCUT2D eigenvalue weighted by Crippen LogP contribution is 2.32. The number of hydrogen-bond donors (Lipinski definition) is 1. The second kappa shape index (κ2) is 9.68. The van der Waals surface area contributed by atoms with Crippen LogP contribution in [-0.4, -0.2) is 20.9 Å². The number of hydrogen-bond acceptors (Lipinski definition) is 5. The number of rotatable bonds is 7. The third-order valence-electron chi connectivity index (χ3n) is 4.65. The summed E-state index contributed by atoms with van der Waals surface area (Å²) < 4.78 is 0. The first-order valence-corrected chi connectivity index (χ1v) is 12.0. The summed E-state index contributed by atoms with van der Waals surface area (Å²) in [7, 11) is 0. The number of benzene rings is 2. The topological polar surface area (TPSA) is 61.9 Å². The van der Waals surface area contributed by atoms with Gasteiger partial charge < -0.3 is 4.98 Å². The van der Waals surface area contributed by atoms with Crippen molar-refractivity contribution in [3.05, 3.63) is 87.6 Å². The van der Waals surface area contributed by atoms with Gasteiger partial charge in [-0.25, -0.2) is 9.97 Å². The quantitative estimate of drug-likeness (QED) is 0.319. The molecule has 2 aromatic heterocycles. The normalized spacial score (nSPS) is 10.9. The number of thioether (sulfide) groups is 1. The molecule has 0 saturated carbocycles. The molecule has 0 aliphatic rings. The number of halogens is 1. The van der Waals surface area contributed by atoms with Crippen molar-refractivity contribution in [3.63, 3.8) is 0 Å². The second-order valence-electron chi connectivity index (χ2n) is 7.02. The molecule has 1 amide bonds. The Morgan fingerprint density at radius 1 is 1.16 bits per heavy atom. The van der Waals surface area contributed by atoms with Crippen molar-refractivity contribution in [2.75, 3.05) is 4.90 Å². The van der Waals surface area contributed by atoms with Crippen molar-refractivity contribution < 1.29 is 4.79 Å². The average molecular weight is 469 g/mol. The molecule has 0 radical (unpaired) electrons. The maximum absolute atomic E-state index is 12.3. The lowest BCUT2D eigenvalue weighted by Gasteiger charge is -2.18. The molecule has 2 aromatic carbocycles. The summed E-state index contributed by atoms with van der Waals surface area (Å²) in [4.78, 5) is 26.6. The molecule has 0 aliphatic carbocycles. The van der Waals surface area contributed by atoms with Crippen LogP contribution in [0.25, 0.3) is 0 Å². The molecule has 1 N–H and O–H groups in total. The fourth-order valence-electron chi connectivity index (χ4n) is 3.15. The lowest BCUT2D eigenvalue weighted by molar-refractivity contribution is -0.115. The van der Waals surface area contributed by atoms with Crippen LogP contribution in [0.4, 0.5) is 10.8 Å². The summed E-state index contributed by atoms with van der Waals surface area (Å²) in [6.07, 6.45) is 0.803. The monoisotopic (exact) mass is 468 g/mol. The van der Waals surface area contributed by atoms with Crippen molar-refractivity contribution in [2.24, 2.45) is 0 Å². The van der Waals surface area contributed by atoms with Crippen LogP contribution in [0.2, 0.25) is 5.02 Å². The first-order valence-electron chi connectivity index (χ1n) is 9.72. The third-order valence-corrected chi connectivity index (χ3v) is 6.66. The zero-order chi connectivity index (χ0) is 21.8. The Kier molecular flexibility index (Phi) is 6.75. The van der Waals surface area contributed by atoms with Crippen molar-refractivity contribution >= 4 is 51.4 Å². The Labute approximate surface area is 194 Å². The van der Waals surface area contributed by atoms with Crippen molar-refractivity contribution in [3.8, 4) is 0 Å². The van der Waals surface area contributed by atoms with Gasteiger partial charge in [-0.1, -0.05) is 59.8 Å². The smallest absolute Gasteiger partial charge is 0.230 e. The van der Waals surface area contributed by atoms with Crippen LogP contribution in [0.15, 0.2) is 65.1 Å². The molecule has 0 saturated heterocycles. The number of nitrogens with zero attached hydrogens (tertiary/aromatic N) is 3. The van der Waals surface area contributed by atoms with E-state index >= 15 is 0 Å². The number of carbonyl (C=O) groups excluding carboxylic acids is 1. The largest absolute Gasteiger partial charge is 0.337 e. The number of aromatic amines is 1. The van der Waals surface area contributed by atoms with Crippen LogP contribution in [0.5, 0.6) is 0 Å². The average Bonchev–Trinajstić information content (AvgIpc) is 3.34. The van der Waals surface area contributed by atoms with Gasteiger partial charge in [0.05, 0.1) is 17.1 Å². The van der Waals surface area contributed by atoms with Crippen molar-refractivity contribution in [2.45, 2.75) is 31.2 Å². The fraction of sp³-hybridized carbons (Fsp3) is 0.174. The Hall–Kier alpha value is -2.61. The van der Waals surface area contributed by atoms with E-state index in [9.17, 15) is 4.79 Å². The van der Waals surface area contributed by atoms with Gasteiger partial charge >= 0.3 is 0 Å². The van der Waals surface area contributed by atoms with Crippen LogP contribution in [0.1, 0.15) is 29.6 Å². The lowest BCUT2D eigenvalue weighted by Crippen LogP contribution is -2.22. The third kappa shape index (κ3) is 5.36. The molecule has 0 spiro atoms. The van der Waals surface area contributed by atoms with Crippen LogP contribution in [0.3, 0.4) is 0 Å². The minimum absolute atomic E-state index is 0.108. The lowest BCUT2D eigenvalue weighted by atomic mass is 10.1. The van der Waals surface area contributed by atoms with E-state index in [4.69, 9.17) is 16.6 Å². The van der Waals surface area contributed by atoms with Gasteiger partial charge in [0.2, 0.25) is 5.91 Å². The number of carbonyl (C=O) groups is 1. The number of anilines is 2. The van der Waals surface area contributed by atoms with Crippen LogP contribution in [-0.2, 0) is 17.0 Å². The first kappa shape index (κ1) is 21.6. The summed E-state index contributed by atoms with van der Waals surface area (Å²) in [5.41, 5.74) is 4.98. The highest BCUT2D eigenvalue weighted by atomic mass is 35.5. The number of aromatic nitrogens is 3. The van der Waals surface area contributed by atoms with Gasteiger partial charge in [-0.15, -0.1) is 11.3 Å². The van der Waals surface area contributed by atoms with Gasteiger partial charge in [-0.05, 0) is 30.7 Å². The SMILES string of the molecule is CC(=O)N(c1cccc(Cl)c1)c1nc(CSc2nc(Cc3ccccc3)c(C)[nH]2)cs1.